The monoisotopic (exact) mass is 460 g/mol. The first-order valence-corrected chi connectivity index (χ1v) is 11.3. The molecule has 3 N–H and O–H groups in total. The SMILES string of the molecule is Cc1cc(C)nc(SCC2=[N+](C)C(SCC(=O)NNC(=O)c3ccccc3O)N=N2)n1. The van der Waals surface area contributed by atoms with Gasteiger partial charge < -0.3 is 5.11 Å². The highest BCUT2D eigenvalue weighted by Crippen LogP contribution is 2.21. The molecule has 31 heavy (non-hydrogen) atoms. The van der Waals surface area contributed by atoms with Crippen LogP contribution in [0.3, 0.4) is 0 Å². The highest BCUT2D eigenvalue weighted by Gasteiger charge is 2.29. The number of azo groups is 1. The van der Waals surface area contributed by atoms with Crippen LogP contribution in [0.15, 0.2) is 45.7 Å². The maximum absolute atomic E-state index is 12.1. The number of benzene rings is 1. The van der Waals surface area contributed by atoms with Crippen LogP contribution >= 0.6 is 23.5 Å². The second kappa shape index (κ2) is 10.4. The Morgan fingerprint density at radius 3 is 2.58 bits per heavy atom. The summed E-state index contributed by atoms with van der Waals surface area (Å²) in [6.45, 7) is 3.85. The lowest BCUT2D eigenvalue weighted by Crippen LogP contribution is -2.42. The number of hydrogen-bond acceptors (Lipinski definition) is 9. The van der Waals surface area contributed by atoms with E-state index in [9.17, 15) is 14.7 Å². The van der Waals surface area contributed by atoms with Crippen LogP contribution in [0.5, 0.6) is 5.75 Å². The first-order valence-electron chi connectivity index (χ1n) is 9.27. The quantitative estimate of drug-likeness (QED) is 0.249. The fourth-order valence-corrected chi connectivity index (χ4v) is 4.37. The zero-order valence-corrected chi connectivity index (χ0v) is 18.8. The van der Waals surface area contributed by atoms with Gasteiger partial charge in [-0.15, -0.1) is 0 Å². The average Bonchev–Trinajstić information content (AvgIpc) is 3.08. The third-order valence-electron chi connectivity index (χ3n) is 4.13. The van der Waals surface area contributed by atoms with Crippen molar-refractivity contribution >= 4 is 41.2 Å². The van der Waals surface area contributed by atoms with Gasteiger partial charge in [0, 0.05) is 11.4 Å². The summed E-state index contributed by atoms with van der Waals surface area (Å²) in [4.78, 5) is 32.9. The summed E-state index contributed by atoms with van der Waals surface area (Å²) in [5, 5.41) is 18.8. The first kappa shape index (κ1) is 22.7. The average molecular weight is 461 g/mol. The molecule has 0 spiro atoms. The summed E-state index contributed by atoms with van der Waals surface area (Å²) >= 11 is 2.75. The van der Waals surface area contributed by atoms with Crippen LogP contribution in [-0.4, -0.2) is 61.4 Å². The lowest BCUT2D eigenvalue weighted by atomic mass is 10.2. The molecule has 2 heterocycles. The van der Waals surface area contributed by atoms with Gasteiger partial charge in [0.1, 0.15) is 11.5 Å². The van der Waals surface area contributed by atoms with Crippen LogP contribution in [0.1, 0.15) is 21.7 Å². The zero-order valence-electron chi connectivity index (χ0n) is 17.2. The maximum atomic E-state index is 12.1. The van der Waals surface area contributed by atoms with Crippen molar-refractivity contribution < 1.29 is 19.3 Å². The lowest BCUT2D eigenvalue weighted by Gasteiger charge is -2.09. The van der Waals surface area contributed by atoms with E-state index in [1.54, 1.807) is 12.1 Å². The highest BCUT2D eigenvalue weighted by molar-refractivity contribution is 8.00. The molecule has 1 aromatic carbocycles. The number of hydrazine groups is 1. The second-order valence-corrected chi connectivity index (χ2v) is 8.61. The van der Waals surface area contributed by atoms with Gasteiger partial charge in [-0.25, -0.2) is 14.5 Å². The molecule has 3 rings (SSSR count). The molecule has 162 valence electrons. The van der Waals surface area contributed by atoms with Gasteiger partial charge >= 0.3 is 5.84 Å². The zero-order chi connectivity index (χ0) is 22.4. The Labute approximate surface area is 187 Å². The Bertz CT molecular complexity index is 1040. The molecular formula is C19H22N7O3S2+. The summed E-state index contributed by atoms with van der Waals surface area (Å²) in [6, 6.07) is 7.99. The molecule has 2 amide bonds. The number of thioether (sulfide) groups is 2. The summed E-state index contributed by atoms with van der Waals surface area (Å²) in [7, 11) is 1.85. The number of phenols is 1. The van der Waals surface area contributed by atoms with Crippen LogP contribution in [0.25, 0.3) is 0 Å². The van der Waals surface area contributed by atoms with E-state index in [1.165, 1.54) is 35.7 Å². The lowest BCUT2D eigenvalue weighted by molar-refractivity contribution is -0.505. The predicted molar refractivity (Wildman–Crippen MR) is 118 cm³/mol. The Kier molecular flexibility index (Phi) is 7.58. The number of amidine groups is 1. The standard InChI is InChI=1S/C19H21N7O3S2/c1-11-8-12(2)21-18(20-11)30-9-15-22-25-19(26(15)3)31-10-16(28)23-24-17(29)13-6-4-5-7-14(13)27/h4-8,19,25H,9-10H2,1-3H3,(H,27,29)/p+1. The normalized spacial score (nSPS) is 15.3. The molecule has 0 fully saturated rings. The van der Waals surface area contributed by atoms with E-state index < -0.39 is 11.8 Å². The molecule has 1 unspecified atom stereocenters. The van der Waals surface area contributed by atoms with Crippen LogP contribution in [0.4, 0.5) is 0 Å². The molecule has 0 aliphatic carbocycles. The number of nitrogens with zero attached hydrogens (tertiary/aromatic N) is 5. The van der Waals surface area contributed by atoms with Gasteiger partial charge in [-0.2, -0.15) is 0 Å². The van der Waals surface area contributed by atoms with E-state index in [2.05, 4.69) is 31.0 Å². The van der Waals surface area contributed by atoms with Crippen molar-refractivity contribution in [2.75, 3.05) is 18.6 Å². The Hall–Kier alpha value is -2.99. The van der Waals surface area contributed by atoms with E-state index in [-0.39, 0.29) is 22.6 Å². The van der Waals surface area contributed by atoms with Crippen molar-refractivity contribution in [2.24, 2.45) is 10.2 Å². The minimum absolute atomic E-state index is 0.0652. The molecular weight excluding hydrogens is 438 g/mol. The van der Waals surface area contributed by atoms with E-state index in [0.717, 1.165) is 17.2 Å². The summed E-state index contributed by atoms with van der Waals surface area (Å²) in [5.41, 5.74) is 6.17. The summed E-state index contributed by atoms with van der Waals surface area (Å²) in [6.07, 6.45) is 0. The minimum Gasteiger partial charge on any atom is -0.507 e. The van der Waals surface area contributed by atoms with E-state index in [1.807, 2.05) is 31.5 Å². The van der Waals surface area contributed by atoms with Gasteiger partial charge in [0.15, 0.2) is 5.16 Å². The molecule has 0 bridgehead atoms. The highest BCUT2D eigenvalue weighted by atomic mass is 32.2. The van der Waals surface area contributed by atoms with Gasteiger partial charge in [0.05, 0.1) is 23.5 Å². The van der Waals surface area contributed by atoms with Gasteiger partial charge in [0.2, 0.25) is 5.91 Å². The Morgan fingerprint density at radius 1 is 1.16 bits per heavy atom. The molecule has 1 atom stereocenters. The molecule has 10 nitrogen and oxygen atoms in total. The van der Waals surface area contributed by atoms with Gasteiger partial charge in [-0.05, 0) is 37.2 Å². The molecule has 0 saturated carbocycles. The van der Waals surface area contributed by atoms with E-state index in [0.29, 0.717) is 10.9 Å². The van der Waals surface area contributed by atoms with Crippen LogP contribution in [0, 0.1) is 13.8 Å². The fourth-order valence-electron chi connectivity index (χ4n) is 2.60. The number of rotatable bonds is 7. The third kappa shape index (κ3) is 6.25. The summed E-state index contributed by atoms with van der Waals surface area (Å²) < 4.78 is 1.88. The van der Waals surface area contributed by atoms with E-state index >= 15 is 0 Å². The Morgan fingerprint density at radius 2 is 1.87 bits per heavy atom. The van der Waals surface area contributed by atoms with Gasteiger partial charge in [-0.3, -0.25) is 20.4 Å². The third-order valence-corrected chi connectivity index (χ3v) is 6.11. The number of aromatic nitrogens is 2. The molecule has 1 aromatic heterocycles. The number of carbonyl (C=O) groups excluding carboxylic acids is 2. The van der Waals surface area contributed by atoms with Crippen molar-refractivity contribution in [2.45, 2.75) is 24.5 Å². The molecule has 2 aromatic rings. The minimum atomic E-state index is -0.602. The largest absolute Gasteiger partial charge is 0.507 e. The fraction of sp³-hybridized carbons (Fsp3) is 0.316. The van der Waals surface area contributed by atoms with E-state index in [4.69, 9.17) is 0 Å². The Balaban J connectivity index is 1.45. The van der Waals surface area contributed by atoms with Crippen molar-refractivity contribution in [3.05, 3.63) is 47.3 Å². The van der Waals surface area contributed by atoms with Crippen LogP contribution < -0.4 is 10.9 Å². The topological polar surface area (TPSA) is 132 Å². The maximum Gasteiger partial charge on any atom is 0.334 e. The smallest absolute Gasteiger partial charge is 0.334 e. The van der Waals surface area contributed by atoms with Crippen LogP contribution in [0.2, 0.25) is 0 Å². The number of phenolic OH excluding ortho intramolecular Hbond substituents is 1. The number of para-hydroxylation sites is 1. The van der Waals surface area contributed by atoms with Crippen molar-refractivity contribution in [3.8, 4) is 5.75 Å². The second-order valence-electron chi connectivity index (χ2n) is 6.62. The van der Waals surface area contributed by atoms with Crippen molar-refractivity contribution in [1.29, 1.82) is 0 Å². The first-order chi connectivity index (χ1) is 14.8. The van der Waals surface area contributed by atoms with Gasteiger partial charge in [0.25, 0.3) is 11.4 Å². The summed E-state index contributed by atoms with van der Waals surface area (Å²) in [5.74, 6) is 0.222. The number of amides is 2. The molecule has 0 radical (unpaired) electrons. The van der Waals surface area contributed by atoms with Crippen molar-refractivity contribution in [3.63, 3.8) is 0 Å². The number of aryl methyl sites for hydroxylation is 2. The van der Waals surface area contributed by atoms with Gasteiger partial charge in [-0.1, -0.05) is 35.7 Å². The number of nitrogens with one attached hydrogen (secondary N) is 2. The molecule has 1 aliphatic rings. The number of aromatic hydroxyl groups is 1. The predicted octanol–water partition coefficient (Wildman–Crippen LogP) is 1.88. The van der Waals surface area contributed by atoms with Crippen molar-refractivity contribution in [1.82, 2.24) is 20.8 Å². The number of carbonyl (C=O) groups is 2. The molecule has 0 saturated heterocycles. The van der Waals surface area contributed by atoms with Crippen LogP contribution in [-0.2, 0) is 4.79 Å². The number of hydrogen-bond donors (Lipinski definition) is 3. The molecule has 1 aliphatic heterocycles. The molecule has 12 heteroatoms.